The number of carbonyl (C=O) groups excluding carboxylic acids is 2. The summed E-state index contributed by atoms with van der Waals surface area (Å²) in [7, 11) is 3.20. The van der Waals surface area contributed by atoms with Crippen LogP contribution in [0.5, 0.6) is 0 Å². The van der Waals surface area contributed by atoms with Gasteiger partial charge in [-0.15, -0.1) is 0 Å². The van der Waals surface area contributed by atoms with Crippen LogP contribution in [-0.4, -0.2) is 61.3 Å². The number of carbonyl (C=O) groups is 2. The summed E-state index contributed by atoms with van der Waals surface area (Å²) in [5.74, 6) is 0. The molecule has 0 aliphatic carbocycles. The molecule has 0 unspecified atom stereocenters. The second-order valence-electron chi connectivity index (χ2n) is 15.1. The van der Waals surface area contributed by atoms with Crippen molar-refractivity contribution in [3.63, 3.8) is 0 Å². The van der Waals surface area contributed by atoms with Crippen molar-refractivity contribution in [1.29, 1.82) is 0 Å². The van der Waals surface area contributed by atoms with Crippen molar-refractivity contribution >= 4 is 52.1 Å². The zero-order valence-corrected chi connectivity index (χ0v) is 34.6. The molecule has 2 N–H and O–H groups in total. The number of nitrogens with zero attached hydrogens (tertiary/aromatic N) is 4. The van der Waals surface area contributed by atoms with Gasteiger partial charge in [0.05, 0.1) is 21.4 Å². The van der Waals surface area contributed by atoms with E-state index >= 15 is 0 Å². The number of benzene rings is 2. The van der Waals surface area contributed by atoms with E-state index in [0.717, 1.165) is 32.5 Å². The number of nitrogens with one attached hydrogen (secondary N) is 2. The first kappa shape index (κ1) is 42.3. The first-order chi connectivity index (χ1) is 24.0. The zero-order valence-electron chi connectivity index (χ0n) is 33.0. The fourth-order valence-corrected chi connectivity index (χ4v) is 5.46. The first-order valence-electron chi connectivity index (χ1n) is 17.3. The van der Waals surface area contributed by atoms with E-state index in [0.29, 0.717) is 11.4 Å². The van der Waals surface area contributed by atoms with Gasteiger partial charge in [0.2, 0.25) is 0 Å². The molecule has 0 atom stereocenters. The van der Waals surface area contributed by atoms with E-state index in [1.807, 2.05) is 158 Å². The molecule has 4 aromatic rings. The van der Waals surface area contributed by atoms with Crippen LogP contribution in [0, 0.1) is 0 Å². The van der Waals surface area contributed by atoms with Crippen molar-refractivity contribution in [2.45, 2.75) is 105 Å². The Morgan fingerprint density at radius 2 is 1.13 bits per heavy atom. The lowest BCUT2D eigenvalue weighted by Gasteiger charge is -2.32. The molecule has 0 bridgehead atoms. The van der Waals surface area contributed by atoms with Crippen LogP contribution in [0.2, 0.25) is 0 Å². The number of halogens is 1. The van der Waals surface area contributed by atoms with Gasteiger partial charge in [-0.1, -0.05) is 38.1 Å². The van der Waals surface area contributed by atoms with Gasteiger partial charge in [-0.3, -0.25) is 20.0 Å². The maximum atomic E-state index is 12.1. The molecule has 1 fully saturated rings. The predicted molar refractivity (Wildman–Crippen MR) is 212 cm³/mol. The molecule has 12 nitrogen and oxygen atoms in total. The largest absolute Gasteiger partial charge is 0.498 e. The molecule has 3 heterocycles. The first-order valence-corrected chi connectivity index (χ1v) is 18.1. The van der Waals surface area contributed by atoms with Gasteiger partial charge in [0.1, 0.15) is 16.9 Å². The minimum Gasteiger partial charge on any atom is -0.444 e. The Morgan fingerprint density at radius 1 is 0.731 bits per heavy atom. The van der Waals surface area contributed by atoms with Crippen molar-refractivity contribution in [1.82, 2.24) is 19.6 Å². The van der Waals surface area contributed by atoms with E-state index in [2.05, 4.69) is 36.8 Å². The SMILES string of the molecule is CC.Cn1cc(B2OC(C)(C)C(C)(C)O2)c(-c2cccc(NC(=O)OC(C)(C)C)c2)n1.Cn1cc(Br)c(-c2cccc(NC(=O)OC(C)(C)C)c2)n1. The highest BCUT2D eigenvalue weighted by Crippen LogP contribution is 2.37. The Hall–Kier alpha value is -4.14. The van der Waals surface area contributed by atoms with Crippen LogP contribution in [-0.2, 0) is 32.9 Å². The normalized spacial score (nSPS) is 14.7. The third kappa shape index (κ3) is 11.7. The molecule has 0 radical (unpaired) electrons. The fourth-order valence-electron chi connectivity index (χ4n) is 4.86. The lowest BCUT2D eigenvalue weighted by atomic mass is 9.78. The van der Waals surface area contributed by atoms with Crippen molar-refractivity contribution in [2.24, 2.45) is 14.1 Å². The monoisotopic (exact) mass is 780 g/mol. The number of hydrogen-bond donors (Lipinski definition) is 2. The Bertz CT molecular complexity index is 1820. The Balaban J connectivity index is 0.000000280. The number of hydrogen-bond acceptors (Lipinski definition) is 8. The summed E-state index contributed by atoms with van der Waals surface area (Å²) in [6.45, 7) is 23.1. The third-order valence-electron chi connectivity index (χ3n) is 7.71. The fraction of sp³-hybridized carbons (Fsp3) is 0.474. The summed E-state index contributed by atoms with van der Waals surface area (Å²) < 4.78 is 27.4. The highest BCUT2D eigenvalue weighted by Gasteiger charge is 2.52. The maximum absolute atomic E-state index is 12.1. The lowest BCUT2D eigenvalue weighted by Crippen LogP contribution is -2.41. The molecule has 1 aliphatic heterocycles. The average Bonchev–Trinajstić information content (AvgIpc) is 3.63. The van der Waals surface area contributed by atoms with E-state index < -0.39 is 41.7 Å². The summed E-state index contributed by atoms with van der Waals surface area (Å²) in [6.07, 6.45) is 2.82. The van der Waals surface area contributed by atoms with Gasteiger partial charge in [-0.05, 0) is 109 Å². The van der Waals surface area contributed by atoms with Gasteiger partial charge >= 0.3 is 19.3 Å². The summed E-state index contributed by atoms with van der Waals surface area (Å²) in [4.78, 5) is 23.9. The van der Waals surface area contributed by atoms with Crippen LogP contribution in [0.1, 0.15) is 83.1 Å². The van der Waals surface area contributed by atoms with Gasteiger partial charge in [0.25, 0.3) is 0 Å². The van der Waals surface area contributed by atoms with Crippen LogP contribution < -0.4 is 16.1 Å². The summed E-state index contributed by atoms with van der Waals surface area (Å²) >= 11 is 3.47. The molecule has 282 valence electrons. The van der Waals surface area contributed by atoms with Gasteiger partial charge in [0.15, 0.2) is 0 Å². The van der Waals surface area contributed by atoms with Crippen molar-refractivity contribution < 1.29 is 28.4 Å². The number of aryl methyl sites for hydroxylation is 2. The molecule has 2 amide bonds. The van der Waals surface area contributed by atoms with Crippen LogP contribution >= 0.6 is 15.9 Å². The van der Waals surface area contributed by atoms with Crippen LogP contribution in [0.4, 0.5) is 21.0 Å². The highest BCUT2D eigenvalue weighted by atomic mass is 79.9. The highest BCUT2D eigenvalue weighted by molar-refractivity contribution is 9.10. The van der Waals surface area contributed by atoms with E-state index in [4.69, 9.17) is 18.8 Å². The zero-order chi connectivity index (χ0) is 39.2. The molecule has 52 heavy (non-hydrogen) atoms. The molecule has 1 aliphatic rings. The van der Waals surface area contributed by atoms with Gasteiger partial charge in [-0.2, -0.15) is 10.2 Å². The van der Waals surface area contributed by atoms with Crippen LogP contribution in [0.3, 0.4) is 0 Å². The number of aromatic nitrogens is 4. The molecule has 2 aromatic heterocycles. The van der Waals surface area contributed by atoms with E-state index in [1.54, 1.807) is 9.36 Å². The summed E-state index contributed by atoms with van der Waals surface area (Å²) in [5, 5.41) is 14.5. The summed E-state index contributed by atoms with van der Waals surface area (Å²) in [6, 6.07) is 15.0. The molecule has 2 aromatic carbocycles. The smallest absolute Gasteiger partial charge is 0.444 e. The van der Waals surface area contributed by atoms with Gasteiger partial charge in [-0.25, -0.2) is 9.59 Å². The number of rotatable bonds is 5. The van der Waals surface area contributed by atoms with Crippen molar-refractivity contribution in [2.75, 3.05) is 10.6 Å². The third-order valence-corrected chi connectivity index (χ3v) is 8.29. The van der Waals surface area contributed by atoms with E-state index in [-0.39, 0.29) is 0 Å². The molecule has 14 heteroatoms. The molecular weight excluding hydrogens is 727 g/mol. The summed E-state index contributed by atoms with van der Waals surface area (Å²) in [5.41, 5.74) is 3.51. The molecular formula is C38H54BBrN6O6. The molecule has 1 saturated heterocycles. The second-order valence-corrected chi connectivity index (χ2v) is 16.0. The van der Waals surface area contributed by atoms with Crippen LogP contribution in [0.25, 0.3) is 22.5 Å². The Kier molecular flexibility index (Phi) is 13.6. The molecule has 5 rings (SSSR count). The van der Waals surface area contributed by atoms with Gasteiger partial charge in [0, 0.05) is 54.5 Å². The minimum atomic E-state index is -0.563. The number of anilines is 2. The lowest BCUT2D eigenvalue weighted by molar-refractivity contribution is 0.00578. The van der Waals surface area contributed by atoms with E-state index in [1.165, 1.54) is 0 Å². The molecule has 0 saturated carbocycles. The van der Waals surface area contributed by atoms with Crippen LogP contribution in [0.15, 0.2) is 65.4 Å². The maximum Gasteiger partial charge on any atom is 0.498 e. The van der Waals surface area contributed by atoms with Crippen molar-refractivity contribution in [3.05, 3.63) is 65.4 Å². The minimum absolute atomic E-state index is 0.440. The standard InChI is InChI=1S/C21H30BN3O4.C15H18BrN3O2.C2H6/c1-19(2,3)27-18(26)23-15-11-9-10-14(12-15)17-16(13-25(8)24-17)22-28-20(4,5)21(6,7)29-22;1-15(2,3)21-14(20)17-11-7-5-6-10(8-11)13-12(16)9-19(4)18-13;1-2/h9-13H,1-8H3,(H,23,26);5-9H,1-4H3,(H,17,20);1-2H3. The molecule has 0 spiro atoms. The average molecular weight is 782 g/mol. The Morgan fingerprint density at radius 3 is 1.54 bits per heavy atom. The number of ether oxygens (including phenoxy) is 2. The second kappa shape index (κ2) is 16.7. The Labute approximate surface area is 317 Å². The van der Waals surface area contributed by atoms with Crippen molar-refractivity contribution in [3.8, 4) is 22.5 Å². The van der Waals surface area contributed by atoms with E-state index in [9.17, 15) is 9.59 Å². The number of amides is 2. The van der Waals surface area contributed by atoms with Gasteiger partial charge < -0.3 is 18.8 Å². The predicted octanol–water partition coefficient (Wildman–Crippen LogP) is 8.96. The topological polar surface area (TPSA) is 131 Å². The quantitative estimate of drug-likeness (QED) is 0.192.